The average molecular weight is 393 g/mol. The number of piperidine rings is 2. The summed E-state index contributed by atoms with van der Waals surface area (Å²) in [5.41, 5.74) is 3.27. The first kappa shape index (κ1) is 20.1. The van der Waals surface area contributed by atoms with Crippen LogP contribution >= 0.6 is 0 Å². The van der Waals surface area contributed by atoms with Crippen LogP contribution in [0, 0.1) is 6.92 Å². The number of nitrogens with zero attached hydrogens (tertiary/aromatic N) is 2. The molecule has 0 aliphatic carbocycles. The molecule has 29 heavy (non-hydrogen) atoms. The lowest BCUT2D eigenvalue weighted by molar-refractivity contribution is -0.0629. The first-order valence-corrected chi connectivity index (χ1v) is 11.0. The van der Waals surface area contributed by atoms with Crippen molar-refractivity contribution < 1.29 is 9.53 Å². The predicted octanol–water partition coefficient (Wildman–Crippen LogP) is 4.28. The Morgan fingerprint density at radius 1 is 0.862 bits per heavy atom. The van der Waals surface area contributed by atoms with Crippen molar-refractivity contribution in [2.45, 2.75) is 51.4 Å². The van der Waals surface area contributed by atoms with Gasteiger partial charge in [0, 0.05) is 38.3 Å². The van der Waals surface area contributed by atoms with Crippen molar-refractivity contribution in [2.24, 2.45) is 0 Å². The van der Waals surface area contributed by atoms with Crippen molar-refractivity contribution >= 4 is 5.91 Å². The summed E-state index contributed by atoms with van der Waals surface area (Å²) >= 11 is 0. The maximum absolute atomic E-state index is 12.8. The molecule has 0 N–H and O–H groups in total. The molecule has 2 aliphatic heterocycles. The zero-order chi connectivity index (χ0) is 20.1. The second kappa shape index (κ2) is 9.55. The van der Waals surface area contributed by atoms with Crippen molar-refractivity contribution in [2.75, 3.05) is 26.2 Å². The fourth-order valence-corrected chi connectivity index (χ4v) is 4.50. The molecule has 2 aromatic rings. The smallest absolute Gasteiger partial charge is 0.254 e. The molecule has 2 aromatic carbocycles. The van der Waals surface area contributed by atoms with Crippen molar-refractivity contribution in [1.29, 1.82) is 0 Å². The van der Waals surface area contributed by atoms with Gasteiger partial charge < -0.3 is 9.64 Å². The quantitative estimate of drug-likeness (QED) is 0.761. The summed E-state index contributed by atoms with van der Waals surface area (Å²) in [6.07, 6.45) is 4.76. The largest absolute Gasteiger partial charge is 0.375 e. The molecule has 2 saturated heterocycles. The van der Waals surface area contributed by atoms with E-state index < -0.39 is 0 Å². The van der Waals surface area contributed by atoms with E-state index in [2.05, 4.69) is 35.2 Å². The fraction of sp³-hybridized carbons (Fsp3) is 0.480. The molecule has 0 spiro atoms. The molecule has 4 rings (SSSR count). The van der Waals surface area contributed by atoms with Gasteiger partial charge in [-0.05, 0) is 49.8 Å². The number of carbonyl (C=O) groups excluding carboxylic acids is 1. The van der Waals surface area contributed by atoms with Gasteiger partial charge in [-0.25, -0.2) is 0 Å². The minimum absolute atomic E-state index is 0.163. The van der Waals surface area contributed by atoms with Crippen LogP contribution < -0.4 is 0 Å². The summed E-state index contributed by atoms with van der Waals surface area (Å²) in [7, 11) is 0. The van der Waals surface area contributed by atoms with E-state index in [1.807, 2.05) is 36.1 Å². The number of ether oxygens (including phenoxy) is 1. The third-order valence-electron chi connectivity index (χ3n) is 6.27. The Kier molecular flexibility index (Phi) is 6.63. The Morgan fingerprint density at radius 3 is 2.10 bits per heavy atom. The fourth-order valence-electron chi connectivity index (χ4n) is 4.50. The molecule has 4 heteroatoms. The average Bonchev–Trinajstić information content (AvgIpc) is 2.76. The summed E-state index contributed by atoms with van der Waals surface area (Å²) in [6.45, 7) is 6.84. The first-order valence-electron chi connectivity index (χ1n) is 11.0. The maximum Gasteiger partial charge on any atom is 0.254 e. The molecule has 2 aliphatic rings. The molecule has 0 aromatic heterocycles. The molecule has 0 radical (unpaired) electrons. The monoisotopic (exact) mass is 392 g/mol. The van der Waals surface area contributed by atoms with Crippen LogP contribution in [0.25, 0.3) is 0 Å². The molecule has 4 nitrogen and oxygen atoms in total. The van der Waals surface area contributed by atoms with Crippen LogP contribution in [-0.2, 0) is 11.3 Å². The highest BCUT2D eigenvalue weighted by Crippen LogP contribution is 2.23. The Hall–Kier alpha value is -2.17. The molecule has 1 amide bonds. The Morgan fingerprint density at radius 2 is 1.45 bits per heavy atom. The summed E-state index contributed by atoms with van der Waals surface area (Å²) in [4.78, 5) is 17.3. The Balaban J connectivity index is 1.20. The standard InChI is InChI=1S/C25H32N2O2/c1-20-7-5-6-10-24(20)25(28)27-17-13-23(14-18-27)29-22-11-15-26(16-12-22)19-21-8-3-2-4-9-21/h2-10,22-23H,11-19H2,1H3. The molecule has 2 heterocycles. The third-order valence-corrected chi connectivity index (χ3v) is 6.27. The highest BCUT2D eigenvalue weighted by molar-refractivity contribution is 5.95. The lowest BCUT2D eigenvalue weighted by atomic mass is 10.0. The number of hydrogen-bond acceptors (Lipinski definition) is 3. The van der Waals surface area contributed by atoms with Crippen LogP contribution in [-0.4, -0.2) is 54.1 Å². The van der Waals surface area contributed by atoms with Crippen LogP contribution in [0.2, 0.25) is 0 Å². The van der Waals surface area contributed by atoms with E-state index in [1.165, 1.54) is 5.56 Å². The van der Waals surface area contributed by atoms with Crippen LogP contribution in [0.5, 0.6) is 0 Å². The lowest BCUT2D eigenvalue weighted by Gasteiger charge is -2.37. The summed E-state index contributed by atoms with van der Waals surface area (Å²) < 4.78 is 6.42. The van der Waals surface area contributed by atoms with E-state index in [4.69, 9.17) is 4.74 Å². The molecule has 154 valence electrons. The van der Waals surface area contributed by atoms with Crippen molar-refractivity contribution in [3.8, 4) is 0 Å². The number of hydrogen-bond donors (Lipinski definition) is 0. The van der Waals surface area contributed by atoms with Gasteiger partial charge in [0.25, 0.3) is 5.91 Å². The zero-order valence-electron chi connectivity index (χ0n) is 17.4. The third kappa shape index (κ3) is 5.26. The number of rotatable bonds is 5. The predicted molar refractivity (Wildman–Crippen MR) is 116 cm³/mol. The molecule has 0 atom stereocenters. The second-order valence-electron chi connectivity index (χ2n) is 8.40. The van der Waals surface area contributed by atoms with E-state index in [1.54, 1.807) is 0 Å². The Labute approximate surface area is 174 Å². The van der Waals surface area contributed by atoms with Gasteiger partial charge in [-0.1, -0.05) is 48.5 Å². The van der Waals surface area contributed by atoms with E-state index in [-0.39, 0.29) is 5.91 Å². The maximum atomic E-state index is 12.8. The van der Waals surface area contributed by atoms with E-state index in [0.717, 1.165) is 69.5 Å². The summed E-state index contributed by atoms with van der Waals surface area (Å²) in [5, 5.41) is 0. The zero-order valence-corrected chi connectivity index (χ0v) is 17.4. The van der Waals surface area contributed by atoms with E-state index in [0.29, 0.717) is 12.2 Å². The SMILES string of the molecule is Cc1ccccc1C(=O)N1CCC(OC2CCN(Cc3ccccc3)CC2)CC1. The number of benzene rings is 2. The van der Waals surface area contributed by atoms with Gasteiger partial charge in [0.15, 0.2) is 0 Å². The van der Waals surface area contributed by atoms with Gasteiger partial charge >= 0.3 is 0 Å². The van der Waals surface area contributed by atoms with E-state index >= 15 is 0 Å². The first-order chi connectivity index (χ1) is 14.2. The van der Waals surface area contributed by atoms with Gasteiger partial charge in [-0.3, -0.25) is 9.69 Å². The normalized spacial score (nSPS) is 19.4. The lowest BCUT2D eigenvalue weighted by Crippen LogP contribution is -2.43. The van der Waals surface area contributed by atoms with Gasteiger partial charge in [-0.2, -0.15) is 0 Å². The highest BCUT2D eigenvalue weighted by Gasteiger charge is 2.28. The highest BCUT2D eigenvalue weighted by atomic mass is 16.5. The van der Waals surface area contributed by atoms with Gasteiger partial charge in [0.2, 0.25) is 0 Å². The molecule has 0 bridgehead atoms. The van der Waals surface area contributed by atoms with Crippen molar-refractivity contribution in [1.82, 2.24) is 9.80 Å². The second-order valence-corrected chi connectivity index (χ2v) is 8.40. The molecule has 0 saturated carbocycles. The van der Waals surface area contributed by atoms with Crippen LogP contribution in [0.3, 0.4) is 0 Å². The van der Waals surface area contributed by atoms with Crippen LogP contribution in [0.1, 0.15) is 47.2 Å². The number of amides is 1. The minimum Gasteiger partial charge on any atom is -0.375 e. The minimum atomic E-state index is 0.163. The van der Waals surface area contributed by atoms with E-state index in [9.17, 15) is 4.79 Å². The van der Waals surface area contributed by atoms with Crippen molar-refractivity contribution in [3.05, 3.63) is 71.3 Å². The summed E-state index contributed by atoms with van der Waals surface area (Å²) in [5.74, 6) is 0.163. The summed E-state index contributed by atoms with van der Waals surface area (Å²) in [6, 6.07) is 18.6. The molecular weight excluding hydrogens is 360 g/mol. The van der Waals surface area contributed by atoms with Gasteiger partial charge in [-0.15, -0.1) is 0 Å². The Bertz CT molecular complexity index is 791. The van der Waals surface area contributed by atoms with Crippen LogP contribution in [0.15, 0.2) is 54.6 Å². The van der Waals surface area contributed by atoms with Crippen molar-refractivity contribution in [3.63, 3.8) is 0 Å². The van der Waals surface area contributed by atoms with Gasteiger partial charge in [0.05, 0.1) is 12.2 Å². The van der Waals surface area contributed by atoms with Crippen LogP contribution in [0.4, 0.5) is 0 Å². The number of carbonyl (C=O) groups is 1. The van der Waals surface area contributed by atoms with Gasteiger partial charge in [0.1, 0.15) is 0 Å². The molecule has 0 unspecified atom stereocenters. The number of likely N-dealkylation sites (tertiary alicyclic amines) is 2. The number of aryl methyl sites for hydroxylation is 1. The topological polar surface area (TPSA) is 32.8 Å². The molecule has 2 fully saturated rings. The molecular formula is C25H32N2O2.